The number of fused-ring (bicyclic) bond motifs is 1. The third-order valence-corrected chi connectivity index (χ3v) is 6.48. The lowest BCUT2D eigenvalue weighted by molar-refractivity contribution is 0.602. The Morgan fingerprint density at radius 1 is 1.14 bits per heavy atom. The minimum absolute atomic E-state index is 0.0804. The first-order valence-corrected chi connectivity index (χ1v) is 11.4. The Morgan fingerprint density at radius 3 is 2.54 bits per heavy atom. The van der Waals surface area contributed by atoms with E-state index in [-0.39, 0.29) is 4.90 Å². The Labute approximate surface area is 168 Å². The maximum atomic E-state index is 12.1. The van der Waals surface area contributed by atoms with Crippen LogP contribution in [0.1, 0.15) is 30.2 Å². The van der Waals surface area contributed by atoms with Gasteiger partial charge in [-0.05, 0) is 25.8 Å². The van der Waals surface area contributed by atoms with Crippen molar-refractivity contribution in [2.75, 3.05) is 24.2 Å². The molecular weight excluding hydrogens is 402 g/mol. The summed E-state index contributed by atoms with van der Waals surface area (Å²) in [7, 11) is -1.60. The third kappa shape index (κ3) is 3.46. The number of pyridine rings is 1. The number of sulfone groups is 1. The Hall–Kier alpha value is -2.20. The van der Waals surface area contributed by atoms with Gasteiger partial charge in [0.15, 0.2) is 21.3 Å². The van der Waals surface area contributed by atoms with Crippen LogP contribution in [0.4, 0.5) is 5.95 Å². The van der Waals surface area contributed by atoms with Gasteiger partial charge < -0.3 is 4.90 Å². The lowest BCUT2D eigenvalue weighted by Crippen LogP contribution is -2.19. The molecule has 3 aromatic rings. The van der Waals surface area contributed by atoms with E-state index in [4.69, 9.17) is 11.6 Å². The van der Waals surface area contributed by atoms with Gasteiger partial charge in [0.25, 0.3) is 0 Å². The van der Waals surface area contributed by atoms with Crippen molar-refractivity contribution >= 4 is 33.0 Å². The molecular formula is C17H22ClN7O2S. The van der Waals surface area contributed by atoms with Crippen LogP contribution >= 0.6 is 11.6 Å². The molecule has 0 amide bonds. The summed E-state index contributed by atoms with van der Waals surface area (Å²) in [5.41, 5.74) is 0.952. The monoisotopic (exact) mass is 423 g/mol. The van der Waals surface area contributed by atoms with Crippen molar-refractivity contribution in [1.29, 1.82) is 0 Å². The van der Waals surface area contributed by atoms with E-state index in [1.54, 1.807) is 11.6 Å². The molecule has 1 aliphatic rings. The highest BCUT2D eigenvalue weighted by Crippen LogP contribution is 2.24. The molecule has 4 heterocycles. The Morgan fingerprint density at radius 2 is 1.86 bits per heavy atom. The molecule has 3 aromatic heterocycles. The molecule has 1 saturated heterocycles. The summed E-state index contributed by atoms with van der Waals surface area (Å²) in [6.45, 7) is 3.77. The highest BCUT2D eigenvalue weighted by molar-refractivity contribution is 7.91. The van der Waals surface area contributed by atoms with Crippen LogP contribution in [-0.4, -0.2) is 57.1 Å². The van der Waals surface area contributed by atoms with Crippen molar-refractivity contribution in [2.45, 2.75) is 37.5 Å². The average Bonchev–Trinajstić information content (AvgIpc) is 3.34. The van der Waals surface area contributed by atoms with Crippen LogP contribution < -0.4 is 4.90 Å². The molecule has 0 unspecified atom stereocenters. The minimum atomic E-state index is -3.48. The van der Waals surface area contributed by atoms with Gasteiger partial charge in [-0.15, -0.1) is 5.10 Å². The maximum Gasteiger partial charge on any atom is 0.244 e. The van der Waals surface area contributed by atoms with Crippen LogP contribution in [0.2, 0.25) is 5.02 Å². The van der Waals surface area contributed by atoms with Crippen molar-refractivity contribution in [2.24, 2.45) is 7.05 Å². The Kier molecular flexibility index (Phi) is 4.78. The molecule has 0 aromatic carbocycles. The summed E-state index contributed by atoms with van der Waals surface area (Å²) in [6, 6.07) is 1.44. The Balaban J connectivity index is 1.62. The summed E-state index contributed by atoms with van der Waals surface area (Å²) in [5, 5.41) is 9.31. The number of halogens is 1. The standard InChI is InChI=1S/C17H22ClN7O2S/c1-11-12(18)10-13(28(3,26)27)16-19-14(21-25(11)16)6-7-15-20-17(22-23(15)2)24-8-4-5-9-24/h10H,4-9H2,1-3H3. The number of anilines is 1. The van der Waals surface area contributed by atoms with Crippen LogP contribution in [-0.2, 0) is 29.7 Å². The van der Waals surface area contributed by atoms with Crippen molar-refractivity contribution in [3.63, 3.8) is 0 Å². The zero-order valence-corrected chi connectivity index (χ0v) is 17.6. The van der Waals surface area contributed by atoms with Crippen LogP contribution in [0.5, 0.6) is 0 Å². The van der Waals surface area contributed by atoms with E-state index in [1.807, 2.05) is 7.05 Å². The van der Waals surface area contributed by atoms with E-state index in [9.17, 15) is 8.42 Å². The van der Waals surface area contributed by atoms with Crippen molar-refractivity contribution in [3.8, 4) is 0 Å². The largest absolute Gasteiger partial charge is 0.340 e. The molecule has 150 valence electrons. The molecule has 0 radical (unpaired) electrons. The maximum absolute atomic E-state index is 12.1. The number of hydrogen-bond donors (Lipinski definition) is 0. The van der Waals surface area contributed by atoms with Gasteiger partial charge in [-0.2, -0.15) is 10.1 Å². The molecule has 1 aliphatic heterocycles. The van der Waals surface area contributed by atoms with Crippen LogP contribution in [0.15, 0.2) is 11.0 Å². The average molecular weight is 424 g/mol. The molecule has 0 N–H and O–H groups in total. The van der Waals surface area contributed by atoms with Gasteiger partial charge in [0, 0.05) is 39.2 Å². The van der Waals surface area contributed by atoms with Gasteiger partial charge in [-0.1, -0.05) is 11.6 Å². The predicted octanol–water partition coefficient (Wildman–Crippen LogP) is 1.61. The highest BCUT2D eigenvalue weighted by atomic mass is 35.5. The highest BCUT2D eigenvalue weighted by Gasteiger charge is 2.21. The minimum Gasteiger partial charge on any atom is -0.340 e. The molecule has 28 heavy (non-hydrogen) atoms. The SMILES string of the molecule is Cc1c(Cl)cc(S(C)(=O)=O)c2nc(CCc3nc(N4CCCC4)nn3C)nn12. The molecule has 4 rings (SSSR count). The summed E-state index contributed by atoms with van der Waals surface area (Å²) in [6.07, 6.45) is 4.61. The van der Waals surface area contributed by atoms with Crippen LogP contribution in [0, 0.1) is 6.92 Å². The fourth-order valence-electron chi connectivity index (χ4n) is 3.41. The number of aromatic nitrogens is 6. The summed E-state index contributed by atoms with van der Waals surface area (Å²) < 4.78 is 27.5. The third-order valence-electron chi connectivity index (χ3n) is 5.00. The van der Waals surface area contributed by atoms with E-state index < -0.39 is 9.84 Å². The smallest absolute Gasteiger partial charge is 0.244 e. The fraction of sp³-hybridized carbons (Fsp3) is 0.529. The van der Waals surface area contributed by atoms with Gasteiger partial charge >= 0.3 is 0 Å². The zero-order valence-electron chi connectivity index (χ0n) is 16.1. The number of rotatable bonds is 5. The second-order valence-corrected chi connectivity index (χ2v) is 9.51. The van der Waals surface area contributed by atoms with Crippen molar-refractivity contribution in [1.82, 2.24) is 29.4 Å². The zero-order chi connectivity index (χ0) is 20.1. The fourth-order valence-corrected chi connectivity index (χ4v) is 4.46. The van der Waals surface area contributed by atoms with Gasteiger partial charge in [0.1, 0.15) is 10.7 Å². The molecule has 0 spiro atoms. The van der Waals surface area contributed by atoms with Gasteiger partial charge in [0.05, 0.1) is 10.7 Å². The van der Waals surface area contributed by atoms with E-state index in [2.05, 4.69) is 25.1 Å². The van der Waals surface area contributed by atoms with Crippen molar-refractivity contribution < 1.29 is 8.42 Å². The topological polar surface area (TPSA) is 98.3 Å². The van der Waals surface area contributed by atoms with E-state index >= 15 is 0 Å². The summed E-state index contributed by atoms with van der Waals surface area (Å²) in [5.74, 6) is 2.15. The summed E-state index contributed by atoms with van der Waals surface area (Å²) in [4.78, 5) is 11.4. The van der Waals surface area contributed by atoms with Crippen molar-refractivity contribution in [3.05, 3.63) is 28.4 Å². The van der Waals surface area contributed by atoms with E-state index in [0.717, 1.165) is 31.1 Å². The molecule has 9 nitrogen and oxygen atoms in total. The van der Waals surface area contributed by atoms with Gasteiger partial charge in [0.2, 0.25) is 5.95 Å². The molecule has 0 aliphatic carbocycles. The second kappa shape index (κ2) is 7.00. The first-order valence-electron chi connectivity index (χ1n) is 9.13. The molecule has 1 fully saturated rings. The number of hydrogen-bond acceptors (Lipinski definition) is 7. The first-order chi connectivity index (χ1) is 13.2. The van der Waals surface area contributed by atoms with Gasteiger partial charge in [-0.3, -0.25) is 4.68 Å². The first kappa shape index (κ1) is 19.1. The molecule has 0 atom stereocenters. The number of aryl methyl sites for hydroxylation is 4. The normalized spacial score (nSPS) is 15.1. The molecule has 0 bridgehead atoms. The second-order valence-electron chi connectivity index (χ2n) is 7.12. The van der Waals surface area contributed by atoms with Gasteiger partial charge in [-0.25, -0.2) is 17.9 Å². The van der Waals surface area contributed by atoms with E-state index in [1.165, 1.54) is 23.4 Å². The van der Waals surface area contributed by atoms with E-state index in [0.29, 0.717) is 35.0 Å². The van der Waals surface area contributed by atoms with Crippen LogP contribution in [0.25, 0.3) is 5.65 Å². The lowest BCUT2D eigenvalue weighted by Gasteiger charge is -2.10. The quantitative estimate of drug-likeness (QED) is 0.614. The number of nitrogens with zero attached hydrogens (tertiary/aromatic N) is 7. The lowest BCUT2D eigenvalue weighted by atomic mass is 10.3. The summed E-state index contributed by atoms with van der Waals surface area (Å²) >= 11 is 6.19. The molecule has 11 heteroatoms. The molecule has 0 saturated carbocycles. The predicted molar refractivity (Wildman–Crippen MR) is 106 cm³/mol. The van der Waals surface area contributed by atoms with Crippen LogP contribution in [0.3, 0.4) is 0 Å². The Bertz CT molecular complexity index is 1150.